The molecule has 0 aliphatic heterocycles. The molecule has 0 fully saturated rings. The standard InChI is InChI=1S/C9H5F3N2S2.C2H7N2.Zn/c10-9(11,12)4-1-2-5-6(3-4)14-8(16)7(15)13-5;3-1-2-4;/h1-3H,(H,13,15)(H,14,16);3H,1-2,4H2;/q;-1;+2/p-1. The summed E-state index contributed by atoms with van der Waals surface area (Å²) in [5, 5.41) is 0.0989. The van der Waals surface area contributed by atoms with E-state index >= 15 is 0 Å². The number of nitrogens with two attached hydrogens (primary N) is 1. The van der Waals surface area contributed by atoms with E-state index in [0.29, 0.717) is 18.6 Å². The van der Waals surface area contributed by atoms with E-state index in [1.165, 1.54) is 6.07 Å². The third-order valence-electron chi connectivity index (χ3n) is 2.13. The Morgan fingerprint density at radius 2 is 1.95 bits per heavy atom. The van der Waals surface area contributed by atoms with Crippen LogP contribution < -0.4 is 5.73 Å². The van der Waals surface area contributed by atoms with Crippen molar-refractivity contribution in [2.75, 3.05) is 13.1 Å². The smallest absolute Gasteiger partial charge is 0.757 e. The molecule has 0 unspecified atom stereocenters. The number of aromatic nitrogens is 2. The van der Waals surface area contributed by atoms with E-state index in [9.17, 15) is 13.2 Å². The van der Waals surface area contributed by atoms with E-state index < -0.39 is 11.7 Å². The third kappa shape index (κ3) is 5.92. The van der Waals surface area contributed by atoms with Gasteiger partial charge in [-0.3, -0.25) is 4.98 Å². The molecular formula is C11H11F3N4S2Zn. The Morgan fingerprint density at radius 1 is 1.38 bits per heavy atom. The zero-order valence-corrected chi connectivity index (χ0v) is 15.4. The number of H-pyrrole nitrogens is 1. The molecule has 0 aliphatic carbocycles. The summed E-state index contributed by atoms with van der Waals surface area (Å²) in [6, 6.07) is 3.20. The number of hydrogen-bond acceptors (Lipinski definition) is 4. The molecule has 21 heavy (non-hydrogen) atoms. The topological polar surface area (TPSA) is 78.5 Å². The van der Waals surface area contributed by atoms with Gasteiger partial charge < -0.3 is 29.1 Å². The van der Waals surface area contributed by atoms with E-state index in [2.05, 4.69) is 9.97 Å². The van der Waals surface area contributed by atoms with E-state index in [-0.39, 0.29) is 34.7 Å². The van der Waals surface area contributed by atoms with Gasteiger partial charge >= 0.3 is 25.7 Å². The Hall–Kier alpha value is -0.667. The van der Waals surface area contributed by atoms with Crippen LogP contribution in [0.15, 0.2) is 23.2 Å². The van der Waals surface area contributed by atoms with Crippen LogP contribution in [0.4, 0.5) is 13.2 Å². The molecular weight excluding hydrogens is 375 g/mol. The molecule has 0 saturated heterocycles. The van der Waals surface area contributed by atoms with Crippen LogP contribution in [0.3, 0.4) is 0 Å². The maximum absolute atomic E-state index is 12.4. The van der Waals surface area contributed by atoms with Crippen molar-refractivity contribution in [2.45, 2.75) is 11.2 Å². The van der Waals surface area contributed by atoms with Crippen molar-refractivity contribution in [3.05, 3.63) is 34.1 Å². The van der Waals surface area contributed by atoms with Gasteiger partial charge in [-0.05, 0) is 29.8 Å². The van der Waals surface area contributed by atoms with Gasteiger partial charge in [0.25, 0.3) is 0 Å². The predicted molar refractivity (Wildman–Crippen MR) is 75.8 cm³/mol. The fraction of sp³-hybridized carbons (Fsp3) is 0.273. The van der Waals surface area contributed by atoms with Gasteiger partial charge in [0.05, 0.1) is 16.6 Å². The van der Waals surface area contributed by atoms with Crippen molar-refractivity contribution in [1.82, 2.24) is 9.97 Å². The second kappa shape index (κ2) is 8.70. The molecule has 0 atom stereocenters. The minimum atomic E-state index is -4.38. The molecule has 10 heteroatoms. The Bertz CT molecular complexity index is 643. The van der Waals surface area contributed by atoms with Crippen LogP contribution >= 0.6 is 12.2 Å². The first-order valence-electron chi connectivity index (χ1n) is 5.42. The number of benzene rings is 1. The Morgan fingerprint density at radius 3 is 2.43 bits per heavy atom. The Labute approximate surface area is 142 Å². The second-order valence-electron chi connectivity index (χ2n) is 3.64. The van der Waals surface area contributed by atoms with Crippen molar-refractivity contribution in [3.8, 4) is 0 Å². The summed E-state index contributed by atoms with van der Waals surface area (Å²) >= 11 is 9.63. The third-order valence-corrected chi connectivity index (χ3v) is 2.85. The predicted octanol–water partition coefficient (Wildman–Crippen LogP) is 3.21. The summed E-state index contributed by atoms with van der Waals surface area (Å²) in [5.41, 5.74) is 11.0. The van der Waals surface area contributed by atoms with Crippen molar-refractivity contribution >= 4 is 35.9 Å². The summed E-state index contributed by atoms with van der Waals surface area (Å²) < 4.78 is 37.5. The maximum atomic E-state index is 12.4. The molecule has 2 rings (SSSR count). The number of rotatable bonds is 1. The number of alkyl halides is 3. The summed E-state index contributed by atoms with van der Waals surface area (Å²) in [6.45, 7) is 0.833. The molecule has 0 spiro atoms. The average molecular weight is 386 g/mol. The van der Waals surface area contributed by atoms with Crippen molar-refractivity contribution in [1.29, 1.82) is 0 Å². The van der Waals surface area contributed by atoms with Gasteiger partial charge in [0.15, 0.2) is 0 Å². The van der Waals surface area contributed by atoms with Gasteiger partial charge in [0.1, 0.15) is 4.64 Å². The quantitative estimate of drug-likeness (QED) is 0.449. The van der Waals surface area contributed by atoms with Gasteiger partial charge in [-0.25, -0.2) is 0 Å². The second-order valence-corrected chi connectivity index (χ2v) is 4.43. The largest absolute Gasteiger partial charge is 2.00 e. The van der Waals surface area contributed by atoms with Crippen molar-refractivity contribution in [3.63, 3.8) is 0 Å². The van der Waals surface area contributed by atoms with Crippen molar-refractivity contribution in [2.24, 2.45) is 5.73 Å². The summed E-state index contributed by atoms with van der Waals surface area (Å²) in [5.74, 6) is 0. The SMILES string of the molecule is FC(F)(F)c1ccc2[nH]c(=S)c([S-])nc2c1.[NH-]CCN.[Zn+2]. The van der Waals surface area contributed by atoms with Gasteiger partial charge in [-0.15, -0.1) is 6.54 Å². The molecule has 2 aromatic rings. The van der Waals surface area contributed by atoms with E-state index in [1.807, 2.05) is 0 Å². The molecule has 0 aliphatic rings. The molecule has 1 aromatic carbocycles. The molecule has 4 N–H and O–H groups in total. The number of hydrogen-bond donors (Lipinski definition) is 2. The minimum Gasteiger partial charge on any atom is -0.757 e. The van der Waals surface area contributed by atoms with Gasteiger partial charge in [-0.2, -0.15) is 13.2 Å². The molecule has 4 nitrogen and oxygen atoms in total. The first-order chi connectivity index (χ1) is 9.29. The van der Waals surface area contributed by atoms with E-state index in [4.69, 9.17) is 36.3 Å². The molecule has 0 amide bonds. The van der Waals surface area contributed by atoms with Crippen LogP contribution in [0.5, 0.6) is 0 Å². The van der Waals surface area contributed by atoms with Crippen LogP contribution in [0.25, 0.3) is 16.8 Å². The summed E-state index contributed by atoms with van der Waals surface area (Å²) in [4.78, 5) is 6.55. The van der Waals surface area contributed by atoms with E-state index in [0.717, 1.165) is 12.1 Å². The first-order valence-corrected chi connectivity index (χ1v) is 6.24. The number of halogens is 3. The number of nitrogens with one attached hydrogen (secondary N) is 2. The number of fused-ring (bicyclic) bond motifs is 1. The fourth-order valence-electron chi connectivity index (χ4n) is 1.24. The zero-order chi connectivity index (χ0) is 15.3. The van der Waals surface area contributed by atoms with E-state index in [1.54, 1.807) is 0 Å². The van der Waals surface area contributed by atoms with Crippen LogP contribution in [0, 0.1) is 4.64 Å². The zero-order valence-electron chi connectivity index (χ0n) is 10.8. The fourth-order valence-corrected chi connectivity index (χ4v) is 1.55. The first kappa shape index (κ1) is 20.3. The molecule has 0 saturated carbocycles. The normalized spacial score (nSPS) is 10.5. The number of nitrogens with zero attached hydrogens (tertiary/aromatic N) is 1. The summed E-state index contributed by atoms with van der Waals surface area (Å²) in [7, 11) is 0. The van der Waals surface area contributed by atoms with Crippen LogP contribution in [0.1, 0.15) is 5.56 Å². The van der Waals surface area contributed by atoms with Crippen molar-refractivity contribution < 1.29 is 32.6 Å². The monoisotopic (exact) mass is 384 g/mol. The van der Waals surface area contributed by atoms with Gasteiger partial charge in [0, 0.05) is 0 Å². The van der Waals surface area contributed by atoms with Crippen LogP contribution in [0.2, 0.25) is 0 Å². The molecule has 0 bridgehead atoms. The summed E-state index contributed by atoms with van der Waals surface area (Å²) in [6.07, 6.45) is -4.38. The average Bonchev–Trinajstić information content (AvgIpc) is 2.39. The van der Waals surface area contributed by atoms with Gasteiger partial charge in [-0.1, -0.05) is 12.2 Å². The Kier molecular flexibility index (Phi) is 8.42. The van der Waals surface area contributed by atoms with Crippen LogP contribution in [-0.2, 0) is 38.3 Å². The molecule has 1 aromatic heterocycles. The molecule has 0 radical (unpaired) electrons. The molecule has 1 heterocycles. The maximum Gasteiger partial charge on any atom is 2.00 e. The van der Waals surface area contributed by atoms with Crippen LogP contribution in [-0.4, -0.2) is 23.1 Å². The minimum absolute atomic E-state index is 0. The number of aromatic amines is 1. The molecule has 110 valence electrons. The van der Waals surface area contributed by atoms with Gasteiger partial charge in [0.2, 0.25) is 0 Å². The Balaban J connectivity index is 0.000000715.